The number of hydrogen-bond donors (Lipinski definition) is 2. The minimum absolute atomic E-state index is 0.00340. The second kappa shape index (κ2) is 3.45. The van der Waals surface area contributed by atoms with E-state index in [1.807, 2.05) is 6.07 Å². The van der Waals surface area contributed by atoms with Crippen molar-refractivity contribution in [2.75, 3.05) is 13.2 Å². The number of aromatic amines is 1. The van der Waals surface area contributed by atoms with Crippen LogP contribution in [0.5, 0.6) is 5.88 Å². The average Bonchev–Trinajstić information content (AvgIpc) is 2.61. The maximum Gasteiger partial charge on any atom is 0.215 e. The van der Waals surface area contributed by atoms with Crippen LogP contribution in [0.25, 0.3) is 11.0 Å². The predicted octanol–water partition coefficient (Wildman–Crippen LogP) is 0.734. The summed E-state index contributed by atoms with van der Waals surface area (Å²) in [5, 5.41) is 9.46. The Hall–Kier alpha value is -1.55. The van der Waals surface area contributed by atoms with Crippen molar-refractivity contribution in [3.63, 3.8) is 0 Å². The Morgan fingerprint density at radius 3 is 3.31 bits per heavy atom. The van der Waals surface area contributed by atoms with E-state index >= 15 is 0 Å². The van der Waals surface area contributed by atoms with Gasteiger partial charge in [-0.25, -0.2) is 0 Å². The monoisotopic (exact) mass is 177 g/mol. The Bertz CT molecular complexity index is 397. The van der Waals surface area contributed by atoms with Crippen molar-refractivity contribution in [1.82, 2.24) is 9.97 Å². The third-order valence-electron chi connectivity index (χ3n) is 1.65. The molecule has 0 aliphatic carbocycles. The first kappa shape index (κ1) is 8.07. The van der Waals surface area contributed by atoms with Gasteiger partial charge in [0, 0.05) is 23.7 Å². The van der Waals surface area contributed by atoms with Crippen LogP contribution >= 0.6 is 0 Å². The van der Waals surface area contributed by atoms with Gasteiger partial charge in [0.2, 0.25) is 5.88 Å². The van der Waals surface area contributed by atoms with Gasteiger partial charge in [0.05, 0.1) is 6.61 Å². The summed E-state index contributed by atoms with van der Waals surface area (Å²) in [6.45, 7) is 0.263. The summed E-state index contributed by atoms with van der Waals surface area (Å²) in [4.78, 5) is 7.08. The minimum atomic E-state index is -0.00340. The number of aromatic nitrogens is 2. The van der Waals surface area contributed by atoms with Crippen molar-refractivity contribution in [2.45, 2.75) is 0 Å². The van der Waals surface area contributed by atoms with E-state index in [2.05, 4.69) is 16.0 Å². The molecule has 0 atom stereocenters. The lowest BCUT2D eigenvalue weighted by Gasteiger charge is -2.01. The number of H-pyrrole nitrogens is 1. The number of rotatable bonds is 3. The average molecular weight is 177 g/mol. The highest BCUT2D eigenvalue weighted by Crippen LogP contribution is 2.13. The predicted molar refractivity (Wildman–Crippen MR) is 47.5 cm³/mol. The van der Waals surface area contributed by atoms with E-state index in [0.29, 0.717) is 5.88 Å². The Kier molecular flexibility index (Phi) is 2.14. The Morgan fingerprint density at radius 2 is 2.46 bits per heavy atom. The van der Waals surface area contributed by atoms with E-state index in [1.165, 1.54) is 0 Å². The van der Waals surface area contributed by atoms with Gasteiger partial charge in [0.15, 0.2) is 0 Å². The van der Waals surface area contributed by atoms with Crippen molar-refractivity contribution < 1.29 is 9.84 Å². The van der Waals surface area contributed by atoms with Crippen molar-refractivity contribution in [3.05, 3.63) is 24.4 Å². The lowest BCUT2D eigenvalue weighted by Crippen LogP contribution is -2.02. The summed E-state index contributed by atoms with van der Waals surface area (Å²) in [6, 6.07) is 6.60. The quantitative estimate of drug-likeness (QED) is 0.726. The lowest BCUT2D eigenvalue weighted by atomic mass is 10.3. The van der Waals surface area contributed by atoms with E-state index in [-0.39, 0.29) is 13.2 Å². The molecule has 2 heterocycles. The van der Waals surface area contributed by atoms with Gasteiger partial charge >= 0.3 is 0 Å². The smallest absolute Gasteiger partial charge is 0.215 e. The van der Waals surface area contributed by atoms with E-state index in [4.69, 9.17) is 9.84 Å². The van der Waals surface area contributed by atoms with Crippen molar-refractivity contribution >= 4 is 11.0 Å². The van der Waals surface area contributed by atoms with Crippen LogP contribution < -0.4 is 4.74 Å². The molecule has 0 spiro atoms. The first-order chi connectivity index (χ1) is 6.40. The summed E-state index contributed by atoms with van der Waals surface area (Å²) in [5.74, 6) is 0.511. The summed E-state index contributed by atoms with van der Waals surface area (Å²) in [5.41, 5.74) is 0.746. The van der Waals surface area contributed by atoms with Crippen molar-refractivity contribution in [1.29, 1.82) is 0 Å². The van der Waals surface area contributed by atoms with E-state index in [0.717, 1.165) is 11.0 Å². The molecular weight excluding hydrogens is 168 g/mol. The Balaban J connectivity index is 2.26. The molecule has 0 unspecified atom stereocenters. The highest BCUT2D eigenvalue weighted by molar-refractivity contribution is 5.74. The number of hydrogen-bond acceptors (Lipinski definition) is 3. The maximum atomic E-state index is 8.53. The first-order valence-electron chi connectivity index (χ1n) is 3.99. The molecule has 0 aliphatic rings. The number of pyridine rings is 1. The van der Waals surface area contributed by atoms with Gasteiger partial charge in [-0.3, -0.25) is 0 Å². The summed E-state index contributed by atoms with van der Waals surface area (Å²) in [7, 11) is 0. The molecule has 2 N–H and O–H groups in total. The SMILES string of the molecule is OCCOc1ccc2[c]c[nH]c2n1. The second-order valence-electron chi connectivity index (χ2n) is 2.55. The fraction of sp³-hybridized carbons (Fsp3) is 0.222. The number of aliphatic hydroxyl groups is 1. The van der Waals surface area contributed by atoms with E-state index in [1.54, 1.807) is 12.3 Å². The van der Waals surface area contributed by atoms with Gasteiger partial charge in [-0.15, -0.1) is 0 Å². The van der Waals surface area contributed by atoms with Crippen LogP contribution in [0.2, 0.25) is 0 Å². The van der Waals surface area contributed by atoms with Crippen molar-refractivity contribution in [2.24, 2.45) is 0 Å². The zero-order chi connectivity index (χ0) is 9.10. The molecule has 0 fully saturated rings. The molecule has 0 bridgehead atoms. The number of nitrogens with zero attached hydrogens (tertiary/aromatic N) is 1. The summed E-state index contributed by atoms with van der Waals surface area (Å²) in [6.07, 6.45) is 1.70. The van der Waals surface area contributed by atoms with Crippen LogP contribution in [0.15, 0.2) is 18.3 Å². The van der Waals surface area contributed by atoms with E-state index in [9.17, 15) is 0 Å². The van der Waals surface area contributed by atoms with Crippen LogP contribution in [0.1, 0.15) is 0 Å². The van der Waals surface area contributed by atoms with Crippen LogP contribution in [-0.4, -0.2) is 28.3 Å². The van der Waals surface area contributed by atoms with Crippen LogP contribution in [-0.2, 0) is 0 Å². The minimum Gasteiger partial charge on any atom is -0.475 e. The summed E-state index contributed by atoms with van der Waals surface area (Å²) >= 11 is 0. The number of fused-ring (bicyclic) bond motifs is 1. The zero-order valence-electron chi connectivity index (χ0n) is 6.95. The molecule has 4 heteroatoms. The lowest BCUT2D eigenvalue weighted by molar-refractivity contribution is 0.197. The third-order valence-corrected chi connectivity index (χ3v) is 1.65. The van der Waals surface area contributed by atoms with Gasteiger partial charge in [0.25, 0.3) is 0 Å². The molecule has 0 aliphatic heterocycles. The molecule has 13 heavy (non-hydrogen) atoms. The van der Waals surface area contributed by atoms with Gasteiger partial charge in [-0.2, -0.15) is 4.98 Å². The highest BCUT2D eigenvalue weighted by atomic mass is 16.5. The molecule has 2 aromatic rings. The largest absolute Gasteiger partial charge is 0.475 e. The normalized spacial score (nSPS) is 10.5. The molecule has 1 radical (unpaired) electrons. The molecular formula is C9H9N2O2. The van der Waals surface area contributed by atoms with E-state index < -0.39 is 0 Å². The van der Waals surface area contributed by atoms with Gasteiger partial charge in [0.1, 0.15) is 12.3 Å². The number of ether oxygens (including phenoxy) is 1. The van der Waals surface area contributed by atoms with Gasteiger partial charge in [-0.05, 0) is 6.07 Å². The van der Waals surface area contributed by atoms with Crippen molar-refractivity contribution in [3.8, 4) is 5.88 Å². The number of nitrogens with one attached hydrogen (secondary N) is 1. The molecule has 2 rings (SSSR count). The zero-order valence-corrected chi connectivity index (χ0v) is 6.95. The molecule has 0 saturated carbocycles. The number of aliphatic hydroxyl groups excluding tert-OH is 1. The third kappa shape index (κ3) is 1.62. The molecule has 0 aromatic carbocycles. The van der Waals surface area contributed by atoms with Crippen LogP contribution in [0.3, 0.4) is 0 Å². The Morgan fingerprint density at radius 1 is 1.54 bits per heavy atom. The topological polar surface area (TPSA) is 58.1 Å². The molecule has 67 valence electrons. The second-order valence-corrected chi connectivity index (χ2v) is 2.55. The first-order valence-corrected chi connectivity index (χ1v) is 3.99. The molecule has 0 amide bonds. The standard InChI is InChI=1S/C9H9N2O2/c12-5-6-13-8-2-1-7-3-4-10-9(7)11-8/h1-2,4,12H,5-6H2,(H,10,11). The van der Waals surface area contributed by atoms with Crippen LogP contribution in [0.4, 0.5) is 0 Å². The molecule has 4 nitrogen and oxygen atoms in total. The fourth-order valence-corrected chi connectivity index (χ4v) is 1.08. The fourth-order valence-electron chi connectivity index (χ4n) is 1.08. The summed E-state index contributed by atoms with van der Waals surface area (Å²) < 4.78 is 5.14. The molecule has 2 aromatic heterocycles. The maximum absolute atomic E-state index is 8.53. The van der Waals surface area contributed by atoms with Gasteiger partial charge < -0.3 is 14.8 Å². The molecule has 0 saturated heterocycles. The Labute approximate surface area is 75.2 Å². The van der Waals surface area contributed by atoms with Crippen LogP contribution in [0, 0.1) is 6.07 Å². The van der Waals surface area contributed by atoms with Gasteiger partial charge in [-0.1, -0.05) is 0 Å². The highest BCUT2D eigenvalue weighted by Gasteiger charge is 1.98.